The fourth-order valence-electron chi connectivity index (χ4n) is 1.06. The molecule has 0 saturated carbocycles. The number of nitrogens with zero attached hydrogens (tertiary/aromatic N) is 1. The molecule has 0 atom stereocenters. The third-order valence-electron chi connectivity index (χ3n) is 1.66. The van der Waals surface area contributed by atoms with Crippen molar-refractivity contribution in [2.75, 3.05) is 5.73 Å². The quantitative estimate of drug-likeness (QED) is 0.832. The Morgan fingerprint density at radius 3 is 2.92 bits per heavy atom. The van der Waals surface area contributed by atoms with Gasteiger partial charge >= 0.3 is 0 Å². The average Bonchev–Trinajstić information content (AvgIpc) is 2.56. The Morgan fingerprint density at radius 2 is 2.31 bits per heavy atom. The van der Waals surface area contributed by atoms with E-state index in [0.29, 0.717) is 5.69 Å². The maximum Gasteiger partial charge on any atom is 0.0997 e. The predicted octanol–water partition coefficient (Wildman–Crippen LogP) is 2.69. The minimum atomic E-state index is 0.638. The number of hydrogen-bond donors (Lipinski definition) is 1. The van der Waals surface area contributed by atoms with Crippen LogP contribution in [0.2, 0.25) is 0 Å². The van der Waals surface area contributed by atoms with E-state index in [-0.39, 0.29) is 0 Å². The number of rotatable bonds is 1. The molecule has 2 heterocycles. The Morgan fingerprint density at radius 1 is 1.46 bits per heavy atom. The van der Waals surface area contributed by atoms with Crippen LogP contribution in [0.25, 0.3) is 11.3 Å². The summed E-state index contributed by atoms with van der Waals surface area (Å²) in [7, 11) is 0. The van der Waals surface area contributed by atoms with Gasteiger partial charge in [0.1, 0.15) is 0 Å². The van der Waals surface area contributed by atoms with Gasteiger partial charge in [0.05, 0.1) is 30.1 Å². The fraction of sp³-hybridized carbons (Fsp3) is 0. The molecule has 0 spiro atoms. The number of furan rings is 1. The summed E-state index contributed by atoms with van der Waals surface area (Å²) in [4.78, 5) is 4.19. The lowest BCUT2D eigenvalue weighted by Gasteiger charge is -2.00. The molecule has 0 bridgehead atoms. The number of halogens is 1. The first-order valence-electron chi connectivity index (χ1n) is 3.71. The SMILES string of the molecule is Nc1cnc(-c2ccoc2)c(Br)c1. The summed E-state index contributed by atoms with van der Waals surface area (Å²) >= 11 is 3.38. The molecular weight excluding hydrogens is 232 g/mol. The lowest BCUT2D eigenvalue weighted by atomic mass is 10.2. The first kappa shape index (κ1) is 8.31. The van der Waals surface area contributed by atoms with E-state index in [0.717, 1.165) is 15.7 Å². The van der Waals surface area contributed by atoms with Gasteiger partial charge in [-0.25, -0.2) is 0 Å². The van der Waals surface area contributed by atoms with Crippen LogP contribution in [0.4, 0.5) is 5.69 Å². The van der Waals surface area contributed by atoms with E-state index in [4.69, 9.17) is 10.2 Å². The van der Waals surface area contributed by atoms with Crippen molar-refractivity contribution < 1.29 is 4.42 Å². The van der Waals surface area contributed by atoms with Gasteiger partial charge in [-0.05, 0) is 28.1 Å². The predicted molar refractivity (Wildman–Crippen MR) is 54.1 cm³/mol. The molecule has 0 radical (unpaired) electrons. The van der Waals surface area contributed by atoms with Crippen molar-refractivity contribution in [1.29, 1.82) is 0 Å². The maximum atomic E-state index is 5.56. The van der Waals surface area contributed by atoms with Gasteiger partial charge in [0.25, 0.3) is 0 Å². The highest BCUT2D eigenvalue weighted by atomic mass is 79.9. The van der Waals surface area contributed by atoms with Gasteiger partial charge < -0.3 is 10.2 Å². The molecule has 0 saturated heterocycles. The molecule has 2 aromatic heterocycles. The molecule has 2 rings (SSSR count). The van der Waals surface area contributed by atoms with Gasteiger partial charge in [-0.3, -0.25) is 4.98 Å². The Labute approximate surface area is 83.7 Å². The van der Waals surface area contributed by atoms with Crippen LogP contribution >= 0.6 is 15.9 Å². The summed E-state index contributed by atoms with van der Waals surface area (Å²) in [5, 5.41) is 0. The molecular formula is C9H7BrN2O. The van der Waals surface area contributed by atoms with Crippen LogP contribution in [0.1, 0.15) is 0 Å². The monoisotopic (exact) mass is 238 g/mol. The zero-order valence-electron chi connectivity index (χ0n) is 6.70. The van der Waals surface area contributed by atoms with Crippen molar-refractivity contribution in [2.24, 2.45) is 0 Å². The average molecular weight is 239 g/mol. The summed E-state index contributed by atoms with van der Waals surface area (Å²) in [5.74, 6) is 0. The second-order valence-corrected chi connectivity index (χ2v) is 3.47. The molecule has 0 aliphatic heterocycles. The summed E-state index contributed by atoms with van der Waals surface area (Å²) in [6.07, 6.45) is 4.87. The topological polar surface area (TPSA) is 52.0 Å². The van der Waals surface area contributed by atoms with Crippen LogP contribution in [-0.4, -0.2) is 4.98 Å². The number of pyridine rings is 1. The minimum Gasteiger partial charge on any atom is -0.472 e. The van der Waals surface area contributed by atoms with Gasteiger partial charge in [0.15, 0.2) is 0 Å². The number of nitrogens with two attached hydrogens (primary N) is 1. The lowest BCUT2D eigenvalue weighted by molar-refractivity contribution is 0.568. The lowest BCUT2D eigenvalue weighted by Crippen LogP contribution is -1.89. The highest BCUT2D eigenvalue weighted by molar-refractivity contribution is 9.10. The number of hydrogen-bond acceptors (Lipinski definition) is 3. The van der Waals surface area contributed by atoms with E-state index in [1.807, 2.05) is 12.1 Å². The van der Waals surface area contributed by atoms with Crippen LogP contribution < -0.4 is 5.73 Å². The number of aromatic nitrogens is 1. The number of anilines is 1. The number of nitrogen functional groups attached to an aromatic ring is 1. The van der Waals surface area contributed by atoms with E-state index in [2.05, 4.69) is 20.9 Å². The van der Waals surface area contributed by atoms with Crippen molar-refractivity contribution in [3.8, 4) is 11.3 Å². The van der Waals surface area contributed by atoms with E-state index in [1.165, 1.54) is 0 Å². The van der Waals surface area contributed by atoms with Crippen LogP contribution in [-0.2, 0) is 0 Å². The Kier molecular flexibility index (Phi) is 2.06. The molecule has 2 aromatic rings. The van der Waals surface area contributed by atoms with Crippen LogP contribution in [0.3, 0.4) is 0 Å². The molecule has 3 nitrogen and oxygen atoms in total. The van der Waals surface area contributed by atoms with Gasteiger partial charge in [0.2, 0.25) is 0 Å². The van der Waals surface area contributed by atoms with E-state index in [9.17, 15) is 0 Å². The van der Waals surface area contributed by atoms with E-state index >= 15 is 0 Å². The second-order valence-electron chi connectivity index (χ2n) is 2.61. The van der Waals surface area contributed by atoms with Crippen molar-refractivity contribution in [2.45, 2.75) is 0 Å². The standard InChI is InChI=1S/C9H7BrN2O/c10-8-3-7(11)4-12-9(8)6-1-2-13-5-6/h1-5H,11H2. The highest BCUT2D eigenvalue weighted by Gasteiger charge is 2.05. The summed E-state index contributed by atoms with van der Waals surface area (Å²) in [6.45, 7) is 0. The first-order chi connectivity index (χ1) is 6.27. The molecule has 66 valence electrons. The summed E-state index contributed by atoms with van der Waals surface area (Å²) < 4.78 is 5.83. The third kappa shape index (κ3) is 1.58. The molecule has 2 N–H and O–H groups in total. The molecule has 0 unspecified atom stereocenters. The van der Waals surface area contributed by atoms with Gasteiger partial charge in [0, 0.05) is 10.0 Å². The normalized spacial score (nSPS) is 10.2. The van der Waals surface area contributed by atoms with Crippen LogP contribution in [0, 0.1) is 0 Å². The highest BCUT2D eigenvalue weighted by Crippen LogP contribution is 2.27. The zero-order chi connectivity index (χ0) is 9.26. The van der Waals surface area contributed by atoms with Crippen LogP contribution in [0.15, 0.2) is 39.7 Å². The van der Waals surface area contributed by atoms with Crippen molar-refractivity contribution in [3.05, 3.63) is 35.3 Å². The van der Waals surface area contributed by atoms with Crippen LogP contribution in [0.5, 0.6) is 0 Å². The Balaban J connectivity index is 2.53. The molecule has 0 amide bonds. The zero-order valence-corrected chi connectivity index (χ0v) is 8.28. The smallest absolute Gasteiger partial charge is 0.0997 e. The first-order valence-corrected chi connectivity index (χ1v) is 4.50. The van der Waals surface area contributed by atoms with E-state index < -0.39 is 0 Å². The molecule has 0 aliphatic carbocycles. The van der Waals surface area contributed by atoms with Crippen molar-refractivity contribution in [3.63, 3.8) is 0 Å². The summed E-state index contributed by atoms with van der Waals surface area (Å²) in [6, 6.07) is 3.67. The van der Waals surface area contributed by atoms with Gasteiger partial charge in [-0.2, -0.15) is 0 Å². The molecule has 13 heavy (non-hydrogen) atoms. The third-order valence-corrected chi connectivity index (χ3v) is 2.26. The molecule has 0 aliphatic rings. The van der Waals surface area contributed by atoms with Crippen molar-refractivity contribution in [1.82, 2.24) is 4.98 Å². The van der Waals surface area contributed by atoms with Gasteiger partial charge in [-0.1, -0.05) is 0 Å². The van der Waals surface area contributed by atoms with Crippen molar-refractivity contribution >= 4 is 21.6 Å². The summed E-state index contributed by atoms with van der Waals surface area (Å²) in [5.41, 5.74) is 7.98. The Hall–Kier alpha value is -1.29. The van der Waals surface area contributed by atoms with E-state index in [1.54, 1.807) is 18.7 Å². The molecule has 0 fully saturated rings. The molecule has 0 aromatic carbocycles. The van der Waals surface area contributed by atoms with Gasteiger partial charge in [-0.15, -0.1) is 0 Å². The fourth-order valence-corrected chi connectivity index (χ4v) is 1.66. The maximum absolute atomic E-state index is 5.56. The second kappa shape index (κ2) is 3.22. The Bertz CT molecular complexity index is 412. The molecule has 4 heteroatoms. The minimum absolute atomic E-state index is 0.638. The largest absolute Gasteiger partial charge is 0.472 e.